The summed E-state index contributed by atoms with van der Waals surface area (Å²) < 4.78 is 0. The number of carbonyl (C=O) groups excluding carboxylic acids is 2. The van der Waals surface area contributed by atoms with Gasteiger partial charge in [0, 0.05) is 11.3 Å². The number of rotatable bonds is 3. The van der Waals surface area contributed by atoms with Gasteiger partial charge in [0.2, 0.25) is 11.8 Å². The lowest BCUT2D eigenvalue weighted by atomic mass is 10.2. The van der Waals surface area contributed by atoms with Gasteiger partial charge in [0.1, 0.15) is 0 Å². The van der Waals surface area contributed by atoms with Gasteiger partial charge in [-0.25, -0.2) is 0 Å². The Labute approximate surface area is 99.4 Å². The van der Waals surface area contributed by atoms with Crippen molar-refractivity contribution in [2.24, 2.45) is 5.73 Å². The number of nitrogens with two attached hydrogens (primary N) is 1. The molecule has 0 spiro atoms. The van der Waals surface area contributed by atoms with Crippen molar-refractivity contribution in [1.29, 1.82) is 0 Å². The van der Waals surface area contributed by atoms with Gasteiger partial charge in [-0.05, 0) is 43.7 Å². The van der Waals surface area contributed by atoms with Gasteiger partial charge >= 0.3 is 0 Å². The van der Waals surface area contributed by atoms with Gasteiger partial charge in [0.05, 0.1) is 6.04 Å². The van der Waals surface area contributed by atoms with Crippen molar-refractivity contribution < 1.29 is 9.59 Å². The molecule has 0 radical (unpaired) electrons. The average molecular weight is 233 g/mol. The molecule has 0 bridgehead atoms. The third-order valence-electron chi connectivity index (χ3n) is 2.81. The number of benzene rings is 1. The maximum Gasteiger partial charge on any atom is 0.248 e. The van der Waals surface area contributed by atoms with Crippen LogP contribution in [0.4, 0.5) is 5.69 Å². The quantitative estimate of drug-likeness (QED) is 0.709. The Hall–Kier alpha value is -1.88. The van der Waals surface area contributed by atoms with Crippen LogP contribution in [0.2, 0.25) is 0 Å². The van der Waals surface area contributed by atoms with Gasteiger partial charge < -0.3 is 16.4 Å². The highest BCUT2D eigenvalue weighted by Gasteiger charge is 2.21. The summed E-state index contributed by atoms with van der Waals surface area (Å²) in [6.07, 6.45) is 1.89. The van der Waals surface area contributed by atoms with E-state index in [-0.39, 0.29) is 11.9 Å². The third-order valence-corrected chi connectivity index (χ3v) is 2.81. The molecule has 1 heterocycles. The fraction of sp³-hybridized carbons (Fsp3) is 0.333. The van der Waals surface area contributed by atoms with E-state index in [9.17, 15) is 9.59 Å². The molecule has 5 heteroatoms. The Morgan fingerprint density at radius 2 is 2.00 bits per heavy atom. The van der Waals surface area contributed by atoms with Gasteiger partial charge in [0.25, 0.3) is 0 Å². The van der Waals surface area contributed by atoms with E-state index in [1.165, 1.54) is 0 Å². The lowest BCUT2D eigenvalue weighted by molar-refractivity contribution is -0.117. The standard InChI is InChI=1S/C12H15N3O2/c13-11(16)8-3-5-9(6-4-8)15-12(17)10-2-1-7-14-10/h3-6,10,14H,1-2,7H2,(H2,13,16)(H,15,17). The molecular weight excluding hydrogens is 218 g/mol. The van der Waals surface area contributed by atoms with Crippen LogP contribution in [0.25, 0.3) is 0 Å². The highest BCUT2D eigenvalue weighted by atomic mass is 16.2. The number of carbonyl (C=O) groups is 2. The molecule has 90 valence electrons. The zero-order chi connectivity index (χ0) is 12.3. The smallest absolute Gasteiger partial charge is 0.248 e. The topological polar surface area (TPSA) is 84.2 Å². The molecule has 0 saturated carbocycles. The van der Waals surface area contributed by atoms with Gasteiger partial charge in [-0.2, -0.15) is 0 Å². The highest BCUT2D eigenvalue weighted by molar-refractivity contribution is 5.96. The Kier molecular flexibility index (Phi) is 3.39. The van der Waals surface area contributed by atoms with E-state index in [0.717, 1.165) is 19.4 Å². The summed E-state index contributed by atoms with van der Waals surface area (Å²) in [6.45, 7) is 0.888. The second-order valence-corrected chi connectivity index (χ2v) is 4.08. The maximum absolute atomic E-state index is 11.8. The minimum absolute atomic E-state index is 0.0330. The summed E-state index contributed by atoms with van der Waals surface area (Å²) in [4.78, 5) is 22.6. The molecule has 1 aliphatic heterocycles. The van der Waals surface area contributed by atoms with Crippen LogP contribution in [0.3, 0.4) is 0 Å². The number of anilines is 1. The minimum Gasteiger partial charge on any atom is -0.366 e. The fourth-order valence-electron chi connectivity index (χ4n) is 1.86. The van der Waals surface area contributed by atoms with Crippen LogP contribution in [-0.4, -0.2) is 24.4 Å². The van der Waals surface area contributed by atoms with Crippen LogP contribution in [0.5, 0.6) is 0 Å². The fourth-order valence-corrected chi connectivity index (χ4v) is 1.86. The van der Waals surface area contributed by atoms with Crippen LogP contribution in [0.1, 0.15) is 23.2 Å². The third kappa shape index (κ3) is 2.82. The van der Waals surface area contributed by atoms with Crippen LogP contribution in [0, 0.1) is 0 Å². The van der Waals surface area contributed by atoms with E-state index in [1.54, 1.807) is 24.3 Å². The van der Waals surface area contributed by atoms with Crippen molar-refractivity contribution in [3.63, 3.8) is 0 Å². The molecule has 1 aliphatic rings. The van der Waals surface area contributed by atoms with Gasteiger partial charge in [0.15, 0.2) is 0 Å². The monoisotopic (exact) mass is 233 g/mol. The zero-order valence-corrected chi connectivity index (χ0v) is 9.40. The first kappa shape index (κ1) is 11.6. The van der Waals surface area contributed by atoms with Gasteiger partial charge in [-0.15, -0.1) is 0 Å². The van der Waals surface area contributed by atoms with Crippen molar-refractivity contribution in [2.45, 2.75) is 18.9 Å². The van der Waals surface area contributed by atoms with Gasteiger partial charge in [-0.1, -0.05) is 0 Å². The molecule has 5 nitrogen and oxygen atoms in total. The molecule has 1 fully saturated rings. The minimum atomic E-state index is -0.472. The van der Waals surface area contributed by atoms with E-state index in [0.29, 0.717) is 11.3 Å². The second-order valence-electron chi connectivity index (χ2n) is 4.08. The maximum atomic E-state index is 11.8. The normalized spacial score (nSPS) is 18.9. The molecule has 2 rings (SSSR count). The number of nitrogens with one attached hydrogen (secondary N) is 2. The Morgan fingerprint density at radius 1 is 1.29 bits per heavy atom. The highest BCUT2D eigenvalue weighted by Crippen LogP contribution is 2.12. The molecule has 1 aromatic carbocycles. The summed E-state index contributed by atoms with van der Waals surface area (Å²) in [5, 5.41) is 5.92. The van der Waals surface area contributed by atoms with E-state index in [1.807, 2.05) is 0 Å². The Morgan fingerprint density at radius 3 is 2.53 bits per heavy atom. The van der Waals surface area contributed by atoms with E-state index in [4.69, 9.17) is 5.73 Å². The zero-order valence-electron chi connectivity index (χ0n) is 9.40. The summed E-state index contributed by atoms with van der Waals surface area (Å²) >= 11 is 0. The summed E-state index contributed by atoms with van der Waals surface area (Å²) in [7, 11) is 0. The van der Waals surface area contributed by atoms with Crippen molar-refractivity contribution in [3.05, 3.63) is 29.8 Å². The molecule has 2 amide bonds. The first-order valence-electron chi connectivity index (χ1n) is 5.61. The Balaban J connectivity index is 1.98. The predicted octanol–water partition coefficient (Wildman–Crippen LogP) is 0.476. The molecule has 1 atom stereocenters. The largest absolute Gasteiger partial charge is 0.366 e. The van der Waals surface area contributed by atoms with Crippen molar-refractivity contribution >= 4 is 17.5 Å². The van der Waals surface area contributed by atoms with Crippen LogP contribution in [-0.2, 0) is 4.79 Å². The van der Waals surface area contributed by atoms with Crippen LogP contribution < -0.4 is 16.4 Å². The first-order valence-corrected chi connectivity index (χ1v) is 5.61. The van der Waals surface area contributed by atoms with Gasteiger partial charge in [-0.3, -0.25) is 9.59 Å². The molecule has 17 heavy (non-hydrogen) atoms. The molecule has 1 unspecified atom stereocenters. The van der Waals surface area contributed by atoms with Crippen molar-refractivity contribution in [2.75, 3.05) is 11.9 Å². The number of primary amides is 1. The lowest BCUT2D eigenvalue weighted by Crippen LogP contribution is -2.35. The van der Waals surface area contributed by atoms with Crippen LogP contribution >= 0.6 is 0 Å². The molecule has 1 aromatic rings. The number of hydrogen-bond acceptors (Lipinski definition) is 3. The molecule has 4 N–H and O–H groups in total. The SMILES string of the molecule is NC(=O)c1ccc(NC(=O)C2CCCN2)cc1. The van der Waals surface area contributed by atoms with E-state index in [2.05, 4.69) is 10.6 Å². The lowest BCUT2D eigenvalue weighted by Gasteiger charge is -2.11. The summed E-state index contributed by atoms with van der Waals surface area (Å²) in [5.74, 6) is -0.505. The van der Waals surface area contributed by atoms with E-state index >= 15 is 0 Å². The summed E-state index contributed by atoms with van der Waals surface area (Å²) in [6, 6.07) is 6.44. The summed E-state index contributed by atoms with van der Waals surface area (Å²) in [5.41, 5.74) is 6.24. The van der Waals surface area contributed by atoms with Crippen molar-refractivity contribution in [3.8, 4) is 0 Å². The Bertz CT molecular complexity index is 422. The van der Waals surface area contributed by atoms with Crippen molar-refractivity contribution in [1.82, 2.24) is 5.32 Å². The predicted molar refractivity (Wildman–Crippen MR) is 64.6 cm³/mol. The molecule has 0 aliphatic carbocycles. The average Bonchev–Trinajstić information content (AvgIpc) is 2.83. The van der Waals surface area contributed by atoms with Crippen LogP contribution in [0.15, 0.2) is 24.3 Å². The van der Waals surface area contributed by atoms with E-state index < -0.39 is 5.91 Å². The second kappa shape index (κ2) is 4.97. The number of amides is 2. The molecule has 1 saturated heterocycles. The number of hydrogen-bond donors (Lipinski definition) is 3. The molecule has 0 aromatic heterocycles. The molecular formula is C12H15N3O2. The first-order chi connectivity index (χ1) is 8.16.